The summed E-state index contributed by atoms with van der Waals surface area (Å²) in [6.45, 7) is 4.29. The third-order valence-electron chi connectivity index (χ3n) is 4.94. The molecule has 7 nitrogen and oxygen atoms in total. The second-order valence-corrected chi connectivity index (χ2v) is 7.64. The van der Waals surface area contributed by atoms with E-state index in [0.29, 0.717) is 12.4 Å². The lowest BCUT2D eigenvalue weighted by molar-refractivity contribution is 0.372. The number of oxazole rings is 1. The van der Waals surface area contributed by atoms with E-state index >= 15 is 0 Å². The van der Waals surface area contributed by atoms with E-state index in [2.05, 4.69) is 37.2 Å². The number of nitrogens with zero attached hydrogens (tertiary/aromatic N) is 4. The molecule has 1 aromatic carbocycles. The zero-order valence-corrected chi connectivity index (χ0v) is 17.5. The number of nitrogens with one attached hydrogen (secondary N) is 1. The Bertz CT molecular complexity index is 928. The van der Waals surface area contributed by atoms with Crippen LogP contribution in [0.3, 0.4) is 0 Å². The smallest absolute Gasteiger partial charge is 0.236 e. The highest BCUT2D eigenvalue weighted by Gasteiger charge is 2.20. The maximum Gasteiger partial charge on any atom is 0.236 e. The fourth-order valence-corrected chi connectivity index (χ4v) is 4.03. The van der Waals surface area contributed by atoms with Crippen molar-refractivity contribution in [2.75, 3.05) is 45.2 Å². The summed E-state index contributed by atoms with van der Waals surface area (Å²) in [5.74, 6) is 2.44. The van der Waals surface area contributed by atoms with Gasteiger partial charge in [-0.1, -0.05) is 6.07 Å². The molecule has 0 spiro atoms. The Morgan fingerprint density at radius 3 is 2.66 bits per heavy atom. The van der Waals surface area contributed by atoms with Gasteiger partial charge in [-0.2, -0.15) is 0 Å². The fraction of sp³-hybridized carbons (Fsp3) is 0.333. The highest BCUT2D eigenvalue weighted by atomic mass is 32.1. The number of piperazine rings is 1. The van der Waals surface area contributed by atoms with Crippen molar-refractivity contribution < 1.29 is 9.15 Å². The van der Waals surface area contributed by atoms with E-state index in [1.807, 2.05) is 36.7 Å². The minimum absolute atomic E-state index is 0.584. The van der Waals surface area contributed by atoms with Crippen molar-refractivity contribution in [2.24, 2.45) is 4.99 Å². The number of methoxy groups -OCH3 is 1. The Hall–Kier alpha value is -3.00. The zero-order valence-electron chi connectivity index (χ0n) is 16.7. The molecule has 0 atom stereocenters. The van der Waals surface area contributed by atoms with Gasteiger partial charge in [0, 0.05) is 38.9 Å². The summed E-state index contributed by atoms with van der Waals surface area (Å²) >= 11 is 1.62. The first-order valence-corrected chi connectivity index (χ1v) is 10.5. The Morgan fingerprint density at radius 1 is 1.21 bits per heavy atom. The van der Waals surface area contributed by atoms with Crippen LogP contribution in [0.1, 0.15) is 5.69 Å². The molecule has 0 bridgehead atoms. The van der Waals surface area contributed by atoms with Crippen LogP contribution in [0.5, 0.6) is 5.75 Å². The molecular weight excluding hydrogens is 386 g/mol. The molecule has 0 unspecified atom stereocenters. The molecular formula is C21H25N5O2S. The van der Waals surface area contributed by atoms with Crippen molar-refractivity contribution in [2.45, 2.75) is 6.54 Å². The minimum atomic E-state index is 0.584. The van der Waals surface area contributed by atoms with E-state index in [0.717, 1.165) is 48.5 Å². The van der Waals surface area contributed by atoms with Crippen molar-refractivity contribution in [3.63, 3.8) is 0 Å². The summed E-state index contributed by atoms with van der Waals surface area (Å²) in [7, 11) is 3.51. The minimum Gasteiger partial charge on any atom is -0.497 e. The molecule has 1 N–H and O–H groups in total. The summed E-state index contributed by atoms with van der Waals surface area (Å²) in [5, 5.41) is 5.42. The molecule has 152 valence electrons. The van der Waals surface area contributed by atoms with Gasteiger partial charge in [-0.25, -0.2) is 4.98 Å². The van der Waals surface area contributed by atoms with E-state index in [9.17, 15) is 0 Å². The molecule has 1 saturated heterocycles. The second kappa shape index (κ2) is 9.00. The van der Waals surface area contributed by atoms with Gasteiger partial charge in [0.25, 0.3) is 0 Å². The monoisotopic (exact) mass is 411 g/mol. The molecule has 3 aromatic rings. The van der Waals surface area contributed by atoms with Crippen LogP contribution in [-0.2, 0) is 6.54 Å². The lowest BCUT2D eigenvalue weighted by Crippen LogP contribution is -2.52. The number of aromatic nitrogens is 1. The summed E-state index contributed by atoms with van der Waals surface area (Å²) in [5.41, 5.74) is 2.09. The predicted octanol–water partition coefficient (Wildman–Crippen LogP) is 3.31. The van der Waals surface area contributed by atoms with Crippen molar-refractivity contribution in [1.82, 2.24) is 15.2 Å². The first kappa shape index (κ1) is 19.3. The van der Waals surface area contributed by atoms with Crippen LogP contribution in [0.15, 0.2) is 57.5 Å². The highest BCUT2D eigenvalue weighted by molar-refractivity contribution is 7.13. The SMILES string of the molecule is CN=C(NCc1coc(-c2cccs2)n1)N1CCN(c2ccc(OC)cc2)CC1. The van der Waals surface area contributed by atoms with E-state index in [1.54, 1.807) is 24.7 Å². The van der Waals surface area contributed by atoms with Gasteiger partial charge in [-0.05, 0) is 35.7 Å². The van der Waals surface area contributed by atoms with Gasteiger partial charge in [0.1, 0.15) is 12.0 Å². The third kappa shape index (κ3) is 4.54. The molecule has 0 aliphatic carbocycles. The highest BCUT2D eigenvalue weighted by Crippen LogP contribution is 2.24. The van der Waals surface area contributed by atoms with E-state index in [1.165, 1.54) is 5.69 Å². The largest absolute Gasteiger partial charge is 0.497 e. The zero-order chi connectivity index (χ0) is 20.1. The maximum absolute atomic E-state index is 5.59. The van der Waals surface area contributed by atoms with Crippen molar-refractivity contribution in [3.05, 3.63) is 53.7 Å². The normalized spacial score (nSPS) is 14.9. The quantitative estimate of drug-likeness (QED) is 0.513. The summed E-state index contributed by atoms with van der Waals surface area (Å²) in [4.78, 5) is 14.7. The van der Waals surface area contributed by atoms with Crippen LogP contribution in [0.25, 0.3) is 10.8 Å². The molecule has 0 radical (unpaired) electrons. The number of thiophene rings is 1. The van der Waals surface area contributed by atoms with Crippen LogP contribution >= 0.6 is 11.3 Å². The Balaban J connectivity index is 1.30. The number of hydrogen-bond acceptors (Lipinski definition) is 6. The molecule has 0 amide bonds. The van der Waals surface area contributed by atoms with Gasteiger partial charge in [-0.15, -0.1) is 11.3 Å². The molecule has 1 aliphatic rings. The van der Waals surface area contributed by atoms with Crippen LogP contribution in [0.4, 0.5) is 5.69 Å². The van der Waals surface area contributed by atoms with Gasteiger partial charge in [-0.3, -0.25) is 4.99 Å². The Labute approximate surface area is 174 Å². The first-order chi connectivity index (χ1) is 14.3. The second-order valence-electron chi connectivity index (χ2n) is 6.69. The van der Waals surface area contributed by atoms with E-state index < -0.39 is 0 Å². The molecule has 8 heteroatoms. The van der Waals surface area contributed by atoms with Crippen LogP contribution in [0.2, 0.25) is 0 Å². The van der Waals surface area contributed by atoms with Gasteiger partial charge in [0.2, 0.25) is 5.89 Å². The number of anilines is 1. The summed E-state index contributed by atoms with van der Waals surface area (Å²) in [6, 6.07) is 12.2. The molecule has 3 heterocycles. The maximum atomic E-state index is 5.59. The topological polar surface area (TPSA) is 66.1 Å². The standard InChI is InChI=1S/C21H25N5O2S/c1-22-21(23-14-16-15-28-20(24-16)19-4-3-13-29-19)26-11-9-25(10-12-26)17-5-7-18(27-2)8-6-17/h3-8,13,15H,9-12,14H2,1-2H3,(H,22,23). The van der Waals surface area contributed by atoms with Gasteiger partial charge < -0.3 is 24.3 Å². The number of benzene rings is 1. The first-order valence-electron chi connectivity index (χ1n) is 9.59. The number of hydrogen-bond donors (Lipinski definition) is 1. The lowest BCUT2D eigenvalue weighted by atomic mass is 10.2. The van der Waals surface area contributed by atoms with E-state index in [-0.39, 0.29) is 0 Å². The lowest BCUT2D eigenvalue weighted by Gasteiger charge is -2.37. The Kier molecular flexibility index (Phi) is 6.00. The average Bonchev–Trinajstić information content (AvgIpc) is 3.47. The molecule has 29 heavy (non-hydrogen) atoms. The predicted molar refractivity (Wildman–Crippen MR) is 117 cm³/mol. The third-order valence-corrected chi connectivity index (χ3v) is 5.80. The summed E-state index contributed by atoms with van der Waals surface area (Å²) in [6.07, 6.45) is 1.71. The summed E-state index contributed by atoms with van der Waals surface area (Å²) < 4.78 is 10.8. The molecule has 1 fully saturated rings. The number of rotatable bonds is 5. The molecule has 0 saturated carbocycles. The van der Waals surface area contributed by atoms with Crippen LogP contribution in [-0.4, -0.2) is 56.2 Å². The van der Waals surface area contributed by atoms with Crippen molar-refractivity contribution >= 4 is 23.0 Å². The number of ether oxygens (including phenoxy) is 1. The van der Waals surface area contributed by atoms with Gasteiger partial charge in [0.05, 0.1) is 24.2 Å². The fourth-order valence-electron chi connectivity index (χ4n) is 3.37. The Morgan fingerprint density at radius 2 is 2.00 bits per heavy atom. The van der Waals surface area contributed by atoms with Crippen LogP contribution < -0.4 is 15.0 Å². The van der Waals surface area contributed by atoms with Crippen molar-refractivity contribution in [1.29, 1.82) is 0 Å². The molecule has 1 aliphatic heterocycles. The number of aliphatic imine (C=N–C) groups is 1. The van der Waals surface area contributed by atoms with Crippen LogP contribution in [0, 0.1) is 0 Å². The molecule has 4 rings (SSSR count). The average molecular weight is 412 g/mol. The molecule has 2 aromatic heterocycles. The number of guanidine groups is 1. The van der Waals surface area contributed by atoms with E-state index in [4.69, 9.17) is 9.15 Å². The van der Waals surface area contributed by atoms with Gasteiger partial charge in [0.15, 0.2) is 5.96 Å². The van der Waals surface area contributed by atoms with Gasteiger partial charge >= 0.3 is 0 Å². The van der Waals surface area contributed by atoms with Crippen molar-refractivity contribution in [3.8, 4) is 16.5 Å².